The van der Waals surface area contributed by atoms with Crippen LogP contribution in [0.2, 0.25) is 5.15 Å². The minimum atomic E-state index is -3.44. The number of carbonyl (C=O) groups is 1. The van der Waals surface area contributed by atoms with Gasteiger partial charge in [-0.15, -0.1) is 0 Å². The minimum absolute atomic E-state index is 0.139. The topological polar surface area (TPSA) is 88.2 Å². The lowest BCUT2D eigenvalue weighted by molar-refractivity contribution is 0.0950. The molecule has 0 spiro atoms. The fourth-order valence-corrected chi connectivity index (χ4v) is 3.87. The first kappa shape index (κ1) is 19.4. The Bertz CT molecular complexity index is 836. The Morgan fingerprint density at radius 3 is 2.44 bits per heavy atom. The number of halogens is 1. The zero-order valence-electron chi connectivity index (χ0n) is 14.0. The van der Waals surface area contributed by atoms with Gasteiger partial charge in [-0.2, -0.15) is 0 Å². The fraction of sp³-hybridized carbons (Fsp3) is 0.294. The summed E-state index contributed by atoms with van der Waals surface area (Å²) < 4.78 is 26.8. The molecule has 0 aliphatic rings. The van der Waals surface area contributed by atoms with E-state index in [1.54, 1.807) is 44.2 Å². The minimum Gasteiger partial charge on any atom is -0.348 e. The number of pyridine rings is 1. The van der Waals surface area contributed by atoms with Crippen molar-refractivity contribution in [2.75, 3.05) is 0 Å². The number of aromatic nitrogens is 1. The van der Waals surface area contributed by atoms with E-state index in [1.165, 1.54) is 12.3 Å². The van der Waals surface area contributed by atoms with Crippen LogP contribution >= 0.6 is 11.6 Å². The van der Waals surface area contributed by atoms with Crippen molar-refractivity contribution in [1.82, 2.24) is 15.0 Å². The molecule has 0 fully saturated rings. The summed E-state index contributed by atoms with van der Waals surface area (Å²) in [6.45, 7) is 3.75. The van der Waals surface area contributed by atoms with E-state index in [0.717, 1.165) is 5.56 Å². The molecule has 2 rings (SSSR count). The predicted octanol–water partition coefficient (Wildman–Crippen LogP) is 2.49. The second-order valence-electron chi connectivity index (χ2n) is 5.85. The second kappa shape index (κ2) is 8.42. The third-order valence-corrected chi connectivity index (χ3v) is 5.05. The number of hydrogen-bond acceptors (Lipinski definition) is 4. The van der Waals surface area contributed by atoms with Gasteiger partial charge in [0.05, 0.1) is 11.3 Å². The van der Waals surface area contributed by atoms with Gasteiger partial charge in [0.25, 0.3) is 5.91 Å². The lowest BCUT2D eigenvalue weighted by atomic mass is 10.1. The van der Waals surface area contributed by atoms with Gasteiger partial charge >= 0.3 is 0 Å². The van der Waals surface area contributed by atoms with Crippen LogP contribution in [0.15, 0.2) is 42.6 Å². The predicted molar refractivity (Wildman–Crippen MR) is 97.8 cm³/mol. The average Bonchev–Trinajstić information content (AvgIpc) is 2.52. The van der Waals surface area contributed by atoms with Crippen LogP contribution in [0.25, 0.3) is 0 Å². The third kappa shape index (κ3) is 6.12. The second-order valence-corrected chi connectivity index (χ2v) is 7.99. The van der Waals surface area contributed by atoms with Gasteiger partial charge in [0.1, 0.15) is 5.15 Å². The molecule has 1 amide bonds. The van der Waals surface area contributed by atoms with Gasteiger partial charge in [-0.3, -0.25) is 4.79 Å². The third-order valence-electron chi connectivity index (χ3n) is 3.31. The largest absolute Gasteiger partial charge is 0.348 e. The Kier molecular flexibility index (Phi) is 6.52. The molecule has 1 heterocycles. The normalized spacial score (nSPS) is 11.5. The fourth-order valence-electron chi connectivity index (χ4n) is 2.26. The van der Waals surface area contributed by atoms with Gasteiger partial charge in [0.15, 0.2) is 0 Å². The molecule has 0 saturated heterocycles. The molecule has 0 unspecified atom stereocenters. The van der Waals surface area contributed by atoms with E-state index in [4.69, 9.17) is 11.6 Å². The number of nitrogens with one attached hydrogen (secondary N) is 2. The Morgan fingerprint density at radius 1 is 1.16 bits per heavy atom. The molecule has 1 aromatic heterocycles. The lowest BCUT2D eigenvalue weighted by Gasteiger charge is -2.13. The SMILES string of the molecule is CC(C)NS(=O)(=O)Cc1ccccc1CNC(=O)c1ccc(Cl)nc1. The molecule has 25 heavy (non-hydrogen) atoms. The van der Waals surface area contributed by atoms with Crippen LogP contribution in [0, 0.1) is 0 Å². The molecule has 1 aromatic carbocycles. The molecule has 0 bridgehead atoms. The monoisotopic (exact) mass is 381 g/mol. The zero-order valence-corrected chi connectivity index (χ0v) is 15.6. The highest BCUT2D eigenvalue weighted by atomic mass is 35.5. The Morgan fingerprint density at radius 2 is 1.84 bits per heavy atom. The van der Waals surface area contributed by atoms with Crippen LogP contribution in [0.3, 0.4) is 0 Å². The van der Waals surface area contributed by atoms with Crippen molar-refractivity contribution in [1.29, 1.82) is 0 Å². The molecular formula is C17H20ClN3O3S. The number of benzene rings is 1. The highest BCUT2D eigenvalue weighted by molar-refractivity contribution is 7.88. The number of nitrogens with zero attached hydrogens (tertiary/aromatic N) is 1. The maximum atomic E-state index is 12.1. The van der Waals surface area contributed by atoms with E-state index in [-0.39, 0.29) is 24.2 Å². The Labute approximate surface area is 152 Å². The summed E-state index contributed by atoms with van der Waals surface area (Å²) in [6, 6.07) is 10.0. The van der Waals surface area contributed by atoms with Crippen molar-refractivity contribution in [3.8, 4) is 0 Å². The van der Waals surface area contributed by atoms with Crippen molar-refractivity contribution >= 4 is 27.5 Å². The van der Waals surface area contributed by atoms with Crippen molar-refractivity contribution in [2.24, 2.45) is 0 Å². The summed E-state index contributed by atoms with van der Waals surface area (Å²) in [5.74, 6) is -0.443. The van der Waals surface area contributed by atoms with Gasteiger partial charge in [-0.05, 0) is 37.1 Å². The van der Waals surface area contributed by atoms with Crippen molar-refractivity contribution in [2.45, 2.75) is 32.2 Å². The van der Waals surface area contributed by atoms with Crippen LogP contribution in [0.4, 0.5) is 0 Å². The number of rotatable bonds is 7. The molecule has 0 aliphatic heterocycles. The molecule has 134 valence electrons. The summed E-state index contributed by atoms with van der Waals surface area (Å²) in [6.07, 6.45) is 1.39. The molecular weight excluding hydrogens is 362 g/mol. The summed E-state index contributed by atoms with van der Waals surface area (Å²) >= 11 is 5.70. The first-order valence-corrected chi connectivity index (χ1v) is 9.76. The quantitative estimate of drug-likeness (QED) is 0.721. The van der Waals surface area contributed by atoms with Gasteiger partial charge in [-0.25, -0.2) is 18.1 Å². The van der Waals surface area contributed by atoms with Crippen LogP contribution < -0.4 is 10.0 Å². The van der Waals surface area contributed by atoms with Crippen LogP contribution in [-0.2, 0) is 22.3 Å². The standard InChI is InChI=1S/C17H20ClN3O3S/c1-12(2)21-25(23,24)11-15-6-4-3-5-13(15)9-20-17(22)14-7-8-16(18)19-10-14/h3-8,10,12,21H,9,11H2,1-2H3,(H,20,22). The van der Waals surface area contributed by atoms with E-state index in [1.807, 2.05) is 0 Å². The highest BCUT2D eigenvalue weighted by Crippen LogP contribution is 2.13. The van der Waals surface area contributed by atoms with Crippen molar-refractivity contribution in [3.05, 3.63) is 64.4 Å². The van der Waals surface area contributed by atoms with Gasteiger partial charge in [-0.1, -0.05) is 35.9 Å². The number of hydrogen-bond donors (Lipinski definition) is 2. The summed E-state index contributed by atoms with van der Waals surface area (Å²) in [5.41, 5.74) is 1.77. The van der Waals surface area contributed by atoms with E-state index in [0.29, 0.717) is 16.3 Å². The van der Waals surface area contributed by atoms with Crippen molar-refractivity contribution < 1.29 is 13.2 Å². The molecule has 6 nitrogen and oxygen atoms in total. The van der Waals surface area contributed by atoms with E-state index < -0.39 is 10.0 Å². The molecule has 0 atom stereocenters. The van der Waals surface area contributed by atoms with Crippen molar-refractivity contribution in [3.63, 3.8) is 0 Å². The molecule has 0 radical (unpaired) electrons. The van der Waals surface area contributed by atoms with Crippen LogP contribution in [-0.4, -0.2) is 25.4 Å². The number of sulfonamides is 1. The van der Waals surface area contributed by atoms with E-state index in [2.05, 4.69) is 15.0 Å². The molecule has 0 aliphatic carbocycles. The first-order chi connectivity index (χ1) is 11.8. The summed E-state index contributed by atoms with van der Waals surface area (Å²) in [4.78, 5) is 16.0. The Hall–Kier alpha value is -1.96. The first-order valence-electron chi connectivity index (χ1n) is 7.73. The average molecular weight is 382 g/mol. The van der Waals surface area contributed by atoms with Crippen LogP contribution in [0.5, 0.6) is 0 Å². The van der Waals surface area contributed by atoms with Gasteiger partial charge in [0.2, 0.25) is 10.0 Å². The van der Waals surface area contributed by atoms with Crippen LogP contribution in [0.1, 0.15) is 35.3 Å². The smallest absolute Gasteiger partial charge is 0.253 e. The van der Waals surface area contributed by atoms with Gasteiger partial charge in [0, 0.05) is 18.8 Å². The Balaban J connectivity index is 2.08. The number of amides is 1. The molecule has 2 N–H and O–H groups in total. The molecule has 2 aromatic rings. The number of carbonyl (C=O) groups excluding carboxylic acids is 1. The maximum Gasteiger partial charge on any atom is 0.253 e. The molecule has 0 saturated carbocycles. The molecule has 8 heteroatoms. The zero-order chi connectivity index (χ0) is 18.4. The van der Waals surface area contributed by atoms with Gasteiger partial charge < -0.3 is 5.32 Å². The lowest BCUT2D eigenvalue weighted by Crippen LogP contribution is -2.32. The van der Waals surface area contributed by atoms with E-state index in [9.17, 15) is 13.2 Å². The summed E-state index contributed by atoms with van der Waals surface area (Å²) in [5, 5.41) is 3.07. The maximum absolute atomic E-state index is 12.1. The summed E-state index contributed by atoms with van der Waals surface area (Å²) in [7, 11) is -3.44. The van der Waals surface area contributed by atoms with E-state index >= 15 is 0 Å². The highest BCUT2D eigenvalue weighted by Gasteiger charge is 2.15.